The number of nitrogens with zero attached hydrogens (tertiary/aromatic N) is 4. The molecule has 7 rings (SSSR count). The minimum Gasteiger partial charge on any atom is -0.422 e. The number of carbonyl (C=O) groups excluding carboxylic acids is 3. The van der Waals surface area contributed by atoms with Gasteiger partial charge in [0.1, 0.15) is 11.1 Å². The number of amides is 3. The Labute approximate surface area is 258 Å². The second kappa shape index (κ2) is 11.4. The molecule has 2 fully saturated rings. The maximum atomic E-state index is 13.6. The molecular formula is C34H33N5O6. The summed E-state index contributed by atoms with van der Waals surface area (Å²) >= 11 is 0. The first-order valence-corrected chi connectivity index (χ1v) is 15.2. The Morgan fingerprint density at radius 1 is 0.844 bits per heavy atom. The van der Waals surface area contributed by atoms with Crippen LogP contribution in [0.1, 0.15) is 45.7 Å². The molecule has 2 atom stereocenters. The van der Waals surface area contributed by atoms with Crippen molar-refractivity contribution < 1.29 is 18.8 Å². The molecule has 1 N–H and O–H groups in total. The molecule has 0 spiro atoms. The van der Waals surface area contributed by atoms with Crippen LogP contribution in [-0.4, -0.2) is 71.4 Å². The predicted molar refractivity (Wildman–Crippen MR) is 169 cm³/mol. The molecule has 45 heavy (non-hydrogen) atoms. The Morgan fingerprint density at radius 3 is 2.42 bits per heavy atom. The summed E-state index contributed by atoms with van der Waals surface area (Å²) in [5.41, 5.74) is 2.03. The first kappa shape index (κ1) is 28.6. The van der Waals surface area contributed by atoms with Gasteiger partial charge >= 0.3 is 5.63 Å². The molecule has 11 nitrogen and oxygen atoms in total. The van der Waals surface area contributed by atoms with E-state index in [1.807, 2.05) is 16.7 Å². The third-order valence-corrected chi connectivity index (χ3v) is 9.21. The fourth-order valence-corrected chi connectivity index (χ4v) is 6.96. The van der Waals surface area contributed by atoms with E-state index in [4.69, 9.17) is 4.42 Å². The van der Waals surface area contributed by atoms with E-state index in [1.165, 1.54) is 13.0 Å². The summed E-state index contributed by atoms with van der Waals surface area (Å²) in [5, 5.41) is 3.54. The summed E-state index contributed by atoms with van der Waals surface area (Å²) < 4.78 is 7.28. The van der Waals surface area contributed by atoms with Gasteiger partial charge in [-0.3, -0.25) is 19.2 Å². The number of rotatable bonds is 4. The highest BCUT2D eigenvalue weighted by molar-refractivity contribution is 6.08. The minimum atomic E-state index is -0.752. The molecule has 2 aromatic carbocycles. The van der Waals surface area contributed by atoms with E-state index in [-0.39, 0.29) is 34.8 Å². The summed E-state index contributed by atoms with van der Waals surface area (Å²) in [7, 11) is 0. The third kappa shape index (κ3) is 5.39. The quantitative estimate of drug-likeness (QED) is 0.354. The summed E-state index contributed by atoms with van der Waals surface area (Å²) in [4.78, 5) is 70.0. The lowest BCUT2D eigenvalue weighted by molar-refractivity contribution is -0.130. The van der Waals surface area contributed by atoms with Crippen molar-refractivity contribution in [3.05, 3.63) is 104 Å². The van der Waals surface area contributed by atoms with Gasteiger partial charge in [0.25, 0.3) is 17.4 Å². The van der Waals surface area contributed by atoms with E-state index in [9.17, 15) is 24.0 Å². The highest BCUT2D eigenvalue weighted by Crippen LogP contribution is 2.39. The summed E-state index contributed by atoms with van der Waals surface area (Å²) in [6.07, 6.45) is 0.961. The largest absolute Gasteiger partial charge is 0.422 e. The van der Waals surface area contributed by atoms with Crippen LogP contribution in [0.5, 0.6) is 0 Å². The molecule has 0 aliphatic carbocycles. The van der Waals surface area contributed by atoms with Gasteiger partial charge in [0.15, 0.2) is 0 Å². The highest BCUT2D eigenvalue weighted by Gasteiger charge is 2.36. The molecule has 11 heteroatoms. The topological polar surface area (TPSA) is 125 Å². The number of aromatic nitrogens is 1. The van der Waals surface area contributed by atoms with Crippen LogP contribution in [0.4, 0.5) is 11.4 Å². The first-order chi connectivity index (χ1) is 21.7. The van der Waals surface area contributed by atoms with Crippen LogP contribution in [0.25, 0.3) is 11.0 Å². The standard InChI is InChI=1S/C34H33N5O6/c1-21(40)36-11-13-37(14-12-36)33(43)24-9-10-29(38-18-22-15-25(20-38)28-6-4-8-31(41)39(28)19-22)27(17-24)35-32(42)26-16-23-5-2-3-7-30(23)45-34(26)44/h2-10,16-17,22,25H,11-15,18-20H2,1H3,(H,35,42). The number of para-hydroxylation sites is 1. The van der Waals surface area contributed by atoms with Crippen molar-refractivity contribution in [3.8, 4) is 0 Å². The van der Waals surface area contributed by atoms with Crippen LogP contribution < -0.4 is 21.4 Å². The zero-order valence-corrected chi connectivity index (χ0v) is 24.9. The van der Waals surface area contributed by atoms with E-state index in [0.717, 1.165) is 17.8 Å². The van der Waals surface area contributed by atoms with Crippen LogP contribution >= 0.6 is 0 Å². The zero-order valence-electron chi connectivity index (χ0n) is 24.9. The van der Waals surface area contributed by atoms with Crippen molar-refractivity contribution in [1.82, 2.24) is 14.4 Å². The molecule has 5 heterocycles. The average molecular weight is 608 g/mol. The van der Waals surface area contributed by atoms with Gasteiger partial charge in [-0.25, -0.2) is 4.79 Å². The SMILES string of the molecule is CC(=O)N1CCN(C(=O)c2ccc(N3CC4CC(C3)c3cccc(=O)n3C4)c(NC(=O)c3cc4ccccc4oc3=O)c2)CC1. The Kier molecular flexibility index (Phi) is 7.23. The Bertz CT molecular complexity index is 1960. The van der Waals surface area contributed by atoms with Gasteiger partial charge in [0.05, 0.1) is 11.4 Å². The molecule has 230 valence electrons. The van der Waals surface area contributed by atoms with Crippen molar-refractivity contribution in [1.29, 1.82) is 0 Å². The molecule has 3 aliphatic rings. The van der Waals surface area contributed by atoms with Crippen LogP contribution in [0.15, 0.2) is 80.7 Å². The van der Waals surface area contributed by atoms with Gasteiger partial charge in [0.2, 0.25) is 5.91 Å². The molecule has 0 radical (unpaired) electrons. The van der Waals surface area contributed by atoms with Gasteiger partial charge in [-0.05, 0) is 48.7 Å². The number of pyridine rings is 1. The molecule has 2 saturated heterocycles. The van der Waals surface area contributed by atoms with Crippen molar-refractivity contribution in [3.63, 3.8) is 0 Å². The second-order valence-corrected chi connectivity index (χ2v) is 12.1. The van der Waals surface area contributed by atoms with E-state index in [1.54, 1.807) is 58.3 Å². The number of benzene rings is 2. The zero-order chi connectivity index (χ0) is 31.2. The van der Waals surface area contributed by atoms with E-state index >= 15 is 0 Å². The molecule has 2 bridgehead atoms. The number of hydrogen-bond acceptors (Lipinski definition) is 7. The Hall–Kier alpha value is -5.19. The van der Waals surface area contributed by atoms with E-state index < -0.39 is 11.5 Å². The fourth-order valence-electron chi connectivity index (χ4n) is 6.96. The number of fused-ring (bicyclic) bond motifs is 5. The normalized spacial score (nSPS) is 19.3. The average Bonchev–Trinajstić information content (AvgIpc) is 3.04. The maximum absolute atomic E-state index is 13.6. The van der Waals surface area contributed by atoms with Crippen LogP contribution in [0, 0.1) is 5.92 Å². The van der Waals surface area contributed by atoms with Crippen molar-refractivity contribution in [2.24, 2.45) is 5.92 Å². The monoisotopic (exact) mass is 607 g/mol. The summed E-state index contributed by atoms with van der Waals surface area (Å²) in [6.45, 7) is 5.17. The maximum Gasteiger partial charge on any atom is 0.349 e. The summed E-state index contributed by atoms with van der Waals surface area (Å²) in [6, 6.07) is 19.2. The Morgan fingerprint density at radius 2 is 1.62 bits per heavy atom. The number of carbonyl (C=O) groups is 3. The third-order valence-electron chi connectivity index (χ3n) is 9.21. The molecule has 0 saturated carbocycles. The lowest BCUT2D eigenvalue weighted by Crippen LogP contribution is -2.50. The van der Waals surface area contributed by atoms with Gasteiger partial charge in [-0.1, -0.05) is 24.3 Å². The molecule has 3 amide bonds. The number of anilines is 2. The van der Waals surface area contributed by atoms with Gasteiger partial charge < -0.3 is 29.0 Å². The van der Waals surface area contributed by atoms with Crippen LogP contribution in [0.2, 0.25) is 0 Å². The van der Waals surface area contributed by atoms with Crippen molar-refractivity contribution in [2.45, 2.75) is 25.8 Å². The molecular weight excluding hydrogens is 574 g/mol. The number of nitrogens with one attached hydrogen (secondary N) is 1. The van der Waals surface area contributed by atoms with Gasteiger partial charge in [-0.15, -0.1) is 0 Å². The molecule has 2 unspecified atom stereocenters. The lowest BCUT2D eigenvalue weighted by atomic mass is 9.83. The first-order valence-electron chi connectivity index (χ1n) is 15.2. The Balaban J connectivity index is 1.22. The number of piperidine rings is 1. The van der Waals surface area contributed by atoms with Gasteiger partial charge in [-0.2, -0.15) is 0 Å². The highest BCUT2D eigenvalue weighted by atomic mass is 16.4. The number of hydrogen-bond donors (Lipinski definition) is 1. The minimum absolute atomic E-state index is 0.00446. The lowest BCUT2D eigenvalue weighted by Gasteiger charge is -2.44. The molecule has 2 aromatic heterocycles. The predicted octanol–water partition coefficient (Wildman–Crippen LogP) is 3.14. The second-order valence-electron chi connectivity index (χ2n) is 12.1. The summed E-state index contributed by atoms with van der Waals surface area (Å²) in [5.74, 6) is -0.500. The fraction of sp³-hybridized carbons (Fsp3) is 0.324. The van der Waals surface area contributed by atoms with Crippen molar-refractivity contribution in [2.75, 3.05) is 49.5 Å². The smallest absolute Gasteiger partial charge is 0.349 e. The van der Waals surface area contributed by atoms with Gasteiger partial charge in [0, 0.05) is 81.4 Å². The van der Waals surface area contributed by atoms with Crippen LogP contribution in [0.3, 0.4) is 0 Å². The molecule has 4 aromatic rings. The van der Waals surface area contributed by atoms with E-state index in [0.29, 0.717) is 68.0 Å². The van der Waals surface area contributed by atoms with Crippen LogP contribution in [-0.2, 0) is 11.3 Å². The van der Waals surface area contributed by atoms with E-state index in [2.05, 4.69) is 10.2 Å². The molecule has 3 aliphatic heterocycles. The van der Waals surface area contributed by atoms with Crippen molar-refractivity contribution >= 4 is 40.1 Å². The number of piperazine rings is 1.